The summed E-state index contributed by atoms with van der Waals surface area (Å²) in [6.45, 7) is 2.53. The Balaban J connectivity index is 2.34. The number of rotatable bonds is 5. The van der Waals surface area contributed by atoms with Crippen LogP contribution in [0, 0.1) is 0 Å². The lowest BCUT2D eigenvalue weighted by atomic mass is 10.2. The molecule has 0 fully saturated rings. The lowest BCUT2D eigenvalue weighted by Crippen LogP contribution is -2.05. The van der Waals surface area contributed by atoms with Crippen molar-refractivity contribution in [3.63, 3.8) is 0 Å². The molecule has 2 rings (SSSR count). The second-order valence-electron chi connectivity index (χ2n) is 4.16. The second kappa shape index (κ2) is 5.56. The van der Waals surface area contributed by atoms with Gasteiger partial charge in [0.1, 0.15) is 11.6 Å². The van der Waals surface area contributed by atoms with Crippen LogP contribution < -0.4 is 4.74 Å². The van der Waals surface area contributed by atoms with Crippen molar-refractivity contribution >= 4 is 5.97 Å². The van der Waals surface area contributed by atoms with Crippen LogP contribution in [0.4, 0.5) is 0 Å². The van der Waals surface area contributed by atoms with Crippen molar-refractivity contribution in [1.29, 1.82) is 0 Å². The number of nitrogens with zero attached hydrogens (tertiary/aromatic N) is 2. The predicted octanol–water partition coefficient (Wildman–Crippen LogP) is 2.11. The number of hydrogen-bond acceptors (Lipinski definition) is 3. The Hall–Kier alpha value is -2.30. The molecule has 0 aliphatic heterocycles. The molecule has 0 spiro atoms. The molecule has 5 heteroatoms. The van der Waals surface area contributed by atoms with Gasteiger partial charge in [-0.25, -0.2) is 4.98 Å². The molecule has 0 atom stereocenters. The van der Waals surface area contributed by atoms with E-state index >= 15 is 0 Å². The largest absolute Gasteiger partial charge is 0.494 e. The second-order valence-corrected chi connectivity index (χ2v) is 4.16. The van der Waals surface area contributed by atoms with E-state index in [4.69, 9.17) is 9.84 Å². The highest BCUT2D eigenvalue weighted by molar-refractivity contribution is 5.70. The number of ether oxygens (including phenoxy) is 1. The van der Waals surface area contributed by atoms with Gasteiger partial charge in [-0.05, 0) is 19.1 Å². The Labute approximate surface area is 111 Å². The molecule has 1 aromatic heterocycles. The molecular weight excluding hydrogens is 244 g/mol. The lowest BCUT2D eigenvalue weighted by molar-refractivity contribution is -0.136. The number of benzene rings is 1. The fourth-order valence-electron chi connectivity index (χ4n) is 1.92. The number of hydrogen-bond donors (Lipinski definition) is 1. The molecule has 2 aromatic rings. The van der Waals surface area contributed by atoms with Crippen LogP contribution in [0.25, 0.3) is 11.4 Å². The fraction of sp³-hybridized carbons (Fsp3) is 0.286. The van der Waals surface area contributed by atoms with Gasteiger partial charge in [-0.1, -0.05) is 12.1 Å². The van der Waals surface area contributed by atoms with Crippen molar-refractivity contribution in [1.82, 2.24) is 9.55 Å². The monoisotopic (exact) mass is 260 g/mol. The molecule has 0 unspecified atom stereocenters. The van der Waals surface area contributed by atoms with Gasteiger partial charge in [-0.2, -0.15) is 0 Å². The highest BCUT2D eigenvalue weighted by Gasteiger charge is 2.11. The maximum Gasteiger partial charge on any atom is 0.309 e. The molecule has 100 valence electrons. The third-order valence-corrected chi connectivity index (χ3v) is 2.82. The van der Waals surface area contributed by atoms with Crippen molar-refractivity contribution < 1.29 is 14.6 Å². The van der Waals surface area contributed by atoms with Crippen LogP contribution in [-0.4, -0.2) is 27.2 Å². The minimum atomic E-state index is -0.863. The summed E-state index contributed by atoms with van der Waals surface area (Å²) in [5.41, 5.74) is 1.58. The summed E-state index contributed by atoms with van der Waals surface area (Å²) in [5.74, 6) is 0.651. The quantitative estimate of drug-likeness (QED) is 0.894. The van der Waals surface area contributed by atoms with Crippen LogP contribution in [0.2, 0.25) is 0 Å². The molecule has 0 saturated heterocycles. The third-order valence-electron chi connectivity index (χ3n) is 2.82. The van der Waals surface area contributed by atoms with E-state index in [1.54, 1.807) is 10.8 Å². The first-order valence-electron chi connectivity index (χ1n) is 6.07. The molecule has 0 aliphatic carbocycles. The highest BCUT2D eigenvalue weighted by Crippen LogP contribution is 2.23. The van der Waals surface area contributed by atoms with Crippen molar-refractivity contribution in [3.8, 4) is 17.1 Å². The Kier molecular flexibility index (Phi) is 3.85. The Morgan fingerprint density at radius 2 is 2.26 bits per heavy atom. The van der Waals surface area contributed by atoms with Gasteiger partial charge in [-0.3, -0.25) is 4.79 Å². The van der Waals surface area contributed by atoms with Crippen molar-refractivity contribution in [2.45, 2.75) is 13.3 Å². The molecule has 0 radical (unpaired) electrons. The summed E-state index contributed by atoms with van der Waals surface area (Å²) in [7, 11) is 1.81. The van der Waals surface area contributed by atoms with E-state index in [0.717, 1.165) is 17.1 Å². The zero-order chi connectivity index (χ0) is 13.8. The number of aliphatic carboxylic acids is 1. The van der Waals surface area contributed by atoms with E-state index in [9.17, 15) is 4.79 Å². The van der Waals surface area contributed by atoms with E-state index < -0.39 is 5.97 Å². The highest BCUT2D eigenvalue weighted by atomic mass is 16.5. The van der Waals surface area contributed by atoms with Gasteiger partial charge >= 0.3 is 5.97 Å². The summed E-state index contributed by atoms with van der Waals surface area (Å²) < 4.78 is 7.24. The Bertz CT molecular complexity index is 590. The van der Waals surface area contributed by atoms with Gasteiger partial charge in [-0.15, -0.1) is 0 Å². The summed E-state index contributed by atoms with van der Waals surface area (Å²) in [6.07, 6.45) is 1.56. The van der Waals surface area contributed by atoms with Crippen LogP contribution >= 0.6 is 0 Å². The molecule has 0 amide bonds. The first-order chi connectivity index (χ1) is 9.11. The average molecular weight is 260 g/mol. The van der Waals surface area contributed by atoms with Gasteiger partial charge in [0, 0.05) is 24.5 Å². The molecule has 0 bridgehead atoms. The number of carboxylic acid groups (broad SMARTS) is 1. The zero-order valence-corrected chi connectivity index (χ0v) is 11.0. The van der Waals surface area contributed by atoms with Crippen LogP contribution in [0.15, 0.2) is 30.5 Å². The lowest BCUT2D eigenvalue weighted by Gasteiger charge is -2.07. The Morgan fingerprint density at radius 1 is 1.47 bits per heavy atom. The van der Waals surface area contributed by atoms with E-state index in [-0.39, 0.29) is 6.42 Å². The maximum atomic E-state index is 10.7. The standard InChI is InChI=1S/C14H16N2O3/c1-3-19-12-6-4-5-10(7-12)14-15-9-11(16(14)2)8-13(17)18/h4-7,9H,3,8H2,1-2H3,(H,17,18). The van der Waals surface area contributed by atoms with Crippen LogP contribution in [0.5, 0.6) is 5.75 Å². The minimum Gasteiger partial charge on any atom is -0.494 e. The molecule has 0 aliphatic rings. The molecule has 1 N–H and O–H groups in total. The number of aromatic nitrogens is 2. The van der Waals surface area contributed by atoms with E-state index in [2.05, 4.69) is 4.98 Å². The molecule has 19 heavy (non-hydrogen) atoms. The fourth-order valence-corrected chi connectivity index (χ4v) is 1.92. The molecular formula is C14H16N2O3. The summed E-state index contributed by atoms with van der Waals surface area (Å²) in [5, 5.41) is 8.82. The smallest absolute Gasteiger partial charge is 0.309 e. The van der Waals surface area contributed by atoms with Crippen LogP contribution in [0.1, 0.15) is 12.6 Å². The number of carbonyl (C=O) groups is 1. The molecule has 1 aromatic carbocycles. The van der Waals surface area contributed by atoms with Gasteiger partial charge in [0.05, 0.1) is 13.0 Å². The van der Waals surface area contributed by atoms with Crippen molar-refractivity contribution in [3.05, 3.63) is 36.2 Å². The topological polar surface area (TPSA) is 64.3 Å². The van der Waals surface area contributed by atoms with E-state index in [1.165, 1.54) is 0 Å². The van der Waals surface area contributed by atoms with Crippen LogP contribution in [0.3, 0.4) is 0 Å². The number of imidazole rings is 1. The van der Waals surface area contributed by atoms with E-state index in [0.29, 0.717) is 12.3 Å². The summed E-state index contributed by atoms with van der Waals surface area (Å²) in [6, 6.07) is 7.60. The van der Waals surface area contributed by atoms with Gasteiger partial charge < -0.3 is 14.4 Å². The third kappa shape index (κ3) is 2.93. The van der Waals surface area contributed by atoms with Crippen molar-refractivity contribution in [2.24, 2.45) is 7.05 Å². The van der Waals surface area contributed by atoms with E-state index in [1.807, 2.05) is 38.2 Å². The summed E-state index contributed by atoms with van der Waals surface area (Å²) >= 11 is 0. The average Bonchev–Trinajstić information content (AvgIpc) is 2.71. The maximum absolute atomic E-state index is 10.7. The van der Waals surface area contributed by atoms with Gasteiger partial charge in [0.25, 0.3) is 0 Å². The van der Waals surface area contributed by atoms with Gasteiger partial charge in [0.15, 0.2) is 0 Å². The van der Waals surface area contributed by atoms with Crippen molar-refractivity contribution in [2.75, 3.05) is 6.61 Å². The first kappa shape index (κ1) is 13.1. The molecule has 5 nitrogen and oxygen atoms in total. The zero-order valence-electron chi connectivity index (χ0n) is 11.0. The van der Waals surface area contributed by atoms with Crippen LogP contribution in [-0.2, 0) is 18.3 Å². The number of carboxylic acids is 1. The summed E-state index contributed by atoms with van der Waals surface area (Å²) in [4.78, 5) is 15.0. The Morgan fingerprint density at radius 3 is 2.95 bits per heavy atom. The predicted molar refractivity (Wildman–Crippen MR) is 71.2 cm³/mol. The first-order valence-corrected chi connectivity index (χ1v) is 6.07. The van der Waals surface area contributed by atoms with Gasteiger partial charge in [0.2, 0.25) is 0 Å². The minimum absolute atomic E-state index is 0.0331. The molecule has 1 heterocycles. The SMILES string of the molecule is CCOc1cccc(-c2ncc(CC(=O)O)n2C)c1. The normalized spacial score (nSPS) is 10.4. The molecule has 0 saturated carbocycles.